The van der Waals surface area contributed by atoms with Crippen molar-refractivity contribution in [1.82, 2.24) is 5.32 Å². The van der Waals surface area contributed by atoms with Gasteiger partial charge in [0.15, 0.2) is 0 Å². The molecule has 0 aromatic heterocycles. The van der Waals surface area contributed by atoms with Crippen molar-refractivity contribution < 1.29 is 9.53 Å². The van der Waals surface area contributed by atoms with Gasteiger partial charge in [-0.3, -0.25) is 4.79 Å². The summed E-state index contributed by atoms with van der Waals surface area (Å²) < 4.78 is 5.89. The lowest BCUT2D eigenvalue weighted by atomic mass is 9.84. The smallest absolute Gasteiger partial charge is 0.252 e. The number of carbonyl (C=O) groups excluding carboxylic acids is 1. The highest BCUT2D eigenvalue weighted by Crippen LogP contribution is 2.39. The van der Waals surface area contributed by atoms with Crippen molar-refractivity contribution in [1.29, 1.82) is 0 Å². The highest BCUT2D eigenvalue weighted by Gasteiger charge is 2.46. The van der Waals surface area contributed by atoms with Crippen LogP contribution in [0.15, 0.2) is 24.3 Å². The Morgan fingerprint density at radius 2 is 2.04 bits per heavy atom. The fourth-order valence-electron chi connectivity index (χ4n) is 4.02. The number of amides is 1. The Hall–Kier alpha value is -1.59. The van der Waals surface area contributed by atoms with Gasteiger partial charge >= 0.3 is 0 Å². The topological polar surface area (TPSA) is 53.6 Å². The number of hydrogen-bond acceptors (Lipinski definition) is 4. The zero-order valence-electron chi connectivity index (χ0n) is 13.5. The van der Waals surface area contributed by atoms with E-state index in [1.54, 1.807) is 0 Å². The molecule has 0 aliphatic carbocycles. The molecule has 4 rings (SSSR count). The van der Waals surface area contributed by atoms with Crippen LogP contribution in [-0.4, -0.2) is 43.8 Å². The first kappa shape index (κ1) is 15.0. The highest BCUT2D eigenvalue weighted by atomic mass is 16.5. The summed E-state index contributed by atoms with van der Waals surface area (Å²) in [6.07, 6.45) is 5.22. The standard InChI is InChI=1S/C18H25N3O2/c22-17-18(8-10-19-11-9-18)20-15-6-1-2-7-16(15)21(17)13-14-5-3-4-12-23-14/h1-2,6-7,14,19-20H,3-5,8-13H2/t14-/m1/s1. The molecule has 0 unspecified atom stereocenters. The quantitative estimate of drug-likeness (QED) is 0.878. The number of nitrogens with one attached hydrogen (secondary N) is 2. The van der Waals surface area contributed by atoms with E-state index in [-0.39, 0.29) is 12.0 Å². The van der Waals surface area contributed by atoms with E-state index in [1.807, 2.05) is 23.1 Å². The van der Waals surface area contributed by atoms with Gasteiger partial charge in [-0.25, -0.2) is 0 Å². The van der Waals surface area contributed by atoms with Crippen molar-refractivity contribution in [3.8, 4) is 0 Å². The van der Waals surface area contributed by atoms with Gasteiger partial charge in [-0.2, -0.15) is 0 Å². The third-order valence-corrected chi connectivity index (χ3v) is 5.34. The second kappa shape index (κ2) is 6.13. The van der Waals surface area contributed by atoms with E-state index in [9.17, 15) is 4.79 Å². The number of hydrogen-bond donors (Lipinski definition) is 2. The second-order valence-corrected chi connectivity index (χ2v) is 6.88. The van der Waals surface area contributed by atoms with Crippen LogP contribution in [0.25, 0.3) is 0 Å². The van der Waals surface area contributed by atoms with Crippen LogP contribution in [0.3, 0.4) is 0 Å². The molecule has 1 aromatic carbocycles. The molecule has 3 aliphatic heterocycles. The number of nitrogens with zero attached hydrogens (tertiary/aromatic N) is 1. The maximum absolute atomic E-state index is 13.3. The Morgan fingerprint density at radius 3 is 2.83 bits per heavy atom. The van der Waals surface area contributed by atoms with Crippen LogP contribution < -0.4 is 15.5 Å². The average molecular weight is 315 g/mol. The number of fused-ring (bicyclic) bond motifs is 1. The van der Waals surface area contributed by atoms with Crippen molar-refractivity contribution in [2.75, 3.05) is 36.5 Å². The molecule has 5 nitrogen and oxygen atoms in total. The molecule has 2 fully saturated rings. The molecule has 1 spiro atoms. The molecule has 3 heterocycles. The van der Waals surface area contributed by atoms with Crippen LogP contribution in [0.1, 0.15) is 32.1 Å². The second-order valence-electron chi connectivity index (χ2n) is 6.88. The van der Waals surface area contributed by atoms with Gasteiger partial charge in [0.05, 0.1) is 24.0 Å². The lowest BCUT2D eigenvalue weighted by Crippen LogP contribution is -2.62. The molecule has 2 N–H and O–H groups in total. The van der Waals surface area contributed by atoms with Gasteiger partial charge in [0.25, 0.3) is 5.91 Å². The number of ether oxygens (including phenoxy) is 1. The molecular weight excluding hydrogens is 290 g/mol. The Balaban J connectivity index is 1.65. The maximum Gasteiger partial charge on any atom is 0.252 e. The third kappa shape index (κ3) is 2.72. The zero-order valence-corrected chi connectivity index (χ0v) is 13.5. The average Bonchev–Trinajstić information content (AvgIpc) is 2.61. The summed E-state index contributed by atoms with van der Waals surface area (Å²) in [5.74, 6) is 0.215. The molecular formula is C18H25N3O2. The summed E-state index contributed by atoms with van der Waals surface area (Å²) >= 11 is 0. The van der Waals surface area contributed by atoms with Gasteiger partial charge in [0.2, 0.25) is 0 Å². The normalized spacial score (nSPS) is 26.7. The van der Waals surface area contributed by atoms with Crippen molar-refractivity contribution >= 4 is 17.3 Å². The van der Waals surface area contributed by atoms with Crippen molar-refractivity contribution in [2.24, 2.45) is 0 Å². The SMILES string of the molecule is O=C1N(C[C@H]2CCCCO2)c2ccccc2NC12CCNCC2. The Labute approximate surface area is 137 Å². The molecule has 0 radical (unpaired) electrons. The Morgan fingerprint density at radius 1 is 1.22 bits per heavy atom. The molecule has 124 valence electrons. The van der Waals surface area contributed by atoms with E-state index in [4.69, 9.17) is 4.74 Å². The first-order valence-corrected chi connectivity index (χ1v) is 8.80. The van der Waals surface area contributed by atoms with Crippen molar-refractivity contribution in [3.05, 3.63) is 24.3 Å². The minimum Gasteiger partial charge on any atom is -0.376 e. The first-order chi connectivity index (χ1) is 11.3. The molecule has 0 saturated carbocycles. The van der Waals surface area contributed by atoms with Gasteiger partial charge < -0.3 is 20.3 Å². The summed E-state index contributed by atoms with van der Waals surface area (Å²) in [6.45, 7) is 3.26. The Kier molecular flexibility index (Phi) is 3.99. The lowest BCUT2D eigenvalue weighted by Gasteiger charge is -2.46. The van der Waals surface area contributed by atoms with E-state index >= 15 is 0 Å². The van der Waals surface area contributed by atoms with E-state index in [0.717, 1.165) is 56.8 Å². The number of rotatable bonds is 2. The van der Waals surface area contributed by atoms with Gasteiger partial charge in [0, 0.05) is 6.61 Å². The summed E-state index contributed by atoms with van der Waals surface area (Å²) in [5, 5.41) is 6.92. The molecule has 5 heteroatoms. The summed E-state index contributed by atoms with van der Waals surface area (Å²) in [7, 11) is 0. The van der Waals surface area contributed by atoms with E-state index < -0.39 is 5.54 Å². The number of carbonyl (C=O) groups is 1. The molecule has 1 amide bonds. The molecule has 1 atom stereocenters. The molecule has 2 saturated heterocycles. The minimum absolute atomic E-state index is 0.164. The minimum atomic E-state index is -0.450. The number of piperidine rings is 1. The van der Waals surface area contributed by atoms with Gasteiger partial charge in [-0.05, 0) is 57.3 Å². The van der Waals surface area contributed by atoms with Crippen LogP contribution in [0.5, 0.6) is 0 Å². The van der Waals surface area contributed by atoms with Crippen LogP contribution in [0.4, 0.5) is 11.4 Å². The summed E-state index contributed by atoms with van der Waals surface area (Å²) in [5.41, 5.74) is 1.62. The fourth-order valence-corrected chi connectivity index (χ4v) is 4.02. The van der Waals surface area contributed by atoms with Crippen LogP contribution in [0.2, 0.25) is 0 Å². The fraction of sp³-hybridized carbons (Fsp3) is 0.611. The largest absolute Gasteiger partial charge is 0.376 e. The molecule has 3 aliphatic rings. The number of benzene rings is 1. The van der Waals surface area contributed by atoms with Crippen LogP contribution in [0, 0.1) is 0 Å². The van der Waals surface area contributed by atoms with E-state index in [2.05, 4.69) is 16.7 Å². The first-order valence-electron chi connectivity index (χ1n) is 8.80. The molecule has 23 heavy (non-hydrogen) atoms. The van der Waals surface area contributed by atoms with Crippen molar-refractivity contribution in [3.63, 3.8) is 0 Å². The van der Waals surface area contributed by atoms with E-state index in [0.29, 0.717) is 6.54 Å². The monoisotopic (exact) mass is 315 g/mol. The maximum atomic E-state index is 13.3. The van der Waals surface area contributed by atoms with Crippen LogP contribution >= 0.6 is 0 Å². The summed E-state index contributed by atoms with van der Waals surface area (Å²) in [6, 6.07) is 8.16. The van der Waals surface area contributed by atoms with Crippen molar-refractivity contribution in [2.45, 2.75) is 43.7 Å². The predicted molar refractivity (Wildman–Crippen MR) is 90.8 cm³/mol. The lowest BCUT2D eigenvalue weighted by molar-refractivity contribution is -0.124. The van der Waals surface area contributed by atoms with E-state index in [1.165, 1.54) is 6.42 Å². The van der Waals surface area contributed by atoms with Crippen LogP contribution in [-0.2, 0) is 9.53 Å². The molecule has 1 aromatic rings. The third-order valence-electron chi connectivity index (χ3n) is 5.34. The number of anilines is 2. The number of para-hydroxylation sites is 2. The van der Waals surface area contributed by atoms with Gasteiger partial charge in [0.1, 0.15) is 5.54 Å². The highest BCUT2D eigenvalue weighted by molar-refractivity contribution is 6.08. The summed E-state index contributed by atoms with van der Waals surface area (Å²) in [4.78, 5) is 15.3. The van der Waals surface area contributed by atoms with Gasteiger partial charge in [-0.15, -0.1) is 0 Å². The molecule has 0 bridgehead atoms. The Bertz CT molecular complexity index is 577. The van der Waals surface area contributed by atoms with Gasteiger partial charge in [-0.1, -0.05) is 12.1 Å². The predicted octanol–water partition coefficient (Wildman–Crippen LogP) is 2.14. The zero-order chi connectivity index (χ0) is 15.7.